The maximum absolute atomic E-state index is 11.9. The molecule has 1 rings (SSSR count). The number of hydrogen-bond donors (Lipinski definition) is 1. The molecule has 0 saturated carbocycles. The van der Waals surface area contributed by atoms with Crippen molar-refractivity contribution in [2.45, 2.75) is 20.3 Å². The SMILES string of the molecule is CCC(C)CS(=O)(=O)N1CCNCC1. The van der Waals surface area contributed by atoms with Crippen LogP contribution in [0.4, 0.5) is 0 Å². The lowest BCUT2D eigenvalue weighted by Gasteiger charge is -2.27. The van der Waals surface area contributed by atoms with Crippen LogP contribution in [0.1, 0.15) is 20.3 Å². The third kappa shape index (κ3) is 3.22. The fourth-order valence-electron chi connectivity index (χ4n) is 1.51. The molecule has 1 atom stereocenters. The minimum atomic E-state index is -3.00. The van der Waals surface area contributed by atoms with E-state index in [4.69, 9.17) is 0 Å². The van der Waals surface area contributed by atoms with E-state index in [1.165, 1.54) is 0 Å². The maximum atomic E-state index is 11.9. The van der Waals surface area contributed by atoms with Crippen molar-refractivity contribution in [3.8, 4) is 0 Å². The van der Waals surface area contributed by atoms with Gasteiger partial charge in [-0.25, -0.2) is 8.42 Å². The summed E-state index contributed by atoms with van der Waals surface area (Å²) in [5, 5.41) is 3.15. The second kappa shape index (κ2) is 5.09. The first-order chi connectivity index (χ1) is 6.56. The van der Waals surface area contributed by atoms with Gasteiger partial charge in [-0.05, 0) is 5.92 Å². The molecule has 1 N–H and O–H groups in total. The molecule has 5 heteroatoms. The molecule has 4 nitrogen and oxygen atoms in total. The Hall–Kier alpha value is -0.130. The molecule has 0 aromatic carbocycles. The summed E-state index contributed by atoms with van der Waals surface area (Å²) in [6.45, 7) is 6.81. The molecule has 1 saturated heterocycles. The van der Waals surface area contributed by atoms with Crippen LogP contribution < -0.4 is 5.32 Å². The van der Waals surface area contributed by atoms with Gasteiger partial charge in [0, 0.05) is 26.2 Å². The Bertz CT molecular complexity index is 258. The molecule has 0 bridgehead atoms. The summed E-state index contributed by atoms with van der Waals surface area (Å²) in [6, 6.07) is 0. The van der Waals surface area contributed by atoms with Gasteiger partial charge in [-0.1, -0.05) is 20.3 Å². The van der Waals surface area contributed by atoms with Crippen molar-refractivity contribution in [2.75, 3.05) is 31.9 Å². The molecule has 0 aromatic heterocycles. The zero-order chi connectivity index (χ0) is 10.6. The van der Waals surface area contributed by atoms with Crippen LogP contribution in [0.3, 0.4) is 0 Å². The molecule has 1 unspecified atom stereocenters. The van der Waals surface area contributed by atoms with Crippen molar-refractivity contribution < 1.29 is 8.42 Å². The van der Waals surface area contributed by atoms with Gasteiger partial charge in [0.05, 0.1) is 5.75 Å². The van der Waals surface area contributed by atoms with E-state index in [2.05, 4.69) is 5.32 Å². The van der Waals surface area contributed by atoms with Crippen LogP contribution in [0.25, 0.3) is 0 Å². The third-order valence-corrected chi connectivity index (χ3v) is 4.80. The smallest absolute Gasteiger partial charge is 0.214 e. The van der Waals surface area contributed by atoms with Crippen LogP contribution in [0, 0.1) is 5.92 Å². The van der Waals surface area contributed by atoms with Crippen LogP contribution >= 0.6 is 0 Å². The Kier molecular flexibility index (Phi) is 4.34. The first-order valence-corrected chi connectivity index (χ1v) is 6.85. The van der Waals surface area contributed by atoms with Crippen LogP contribution in [0.15, 0.2) is 0 Å². The molecule has 0 spiro atoms. The molecule has 0 radical (unpaired) electrons. The molecule has 84 valence electrons. The molecular weight excluding hydrogens is 200 g/mol. The maximum Gasteiger partial charge on any atom is 0.214 e. The number of piperazine rings is 1. The lowest BCUT2D eigenvalue weighted by Crippen LogP contribution is -2.47. The predicted octanol–water partition coefficient (Wildman–Crippen LogP) is 0.268. The zero-order valence-corrected chi connectivity index (χ0v) is 9.81. The minimum Gasteiger partial charge on any atom is -0.314 e. The standard InChI is InChI=1S/C9H20N2O2S/c1-3-9(2)8-14(12,13)11-6-4-10-5-7-11/h9-10H,3-8H2,1-2H3. The van der Waals surface area contributed by atoms with Crippen molar-refractivity contribution in [1.82, 2.24) is 9.62 Å². The van der Waals surface area contributed by atoms with Gasteiger partial charge in [0.2, 0.25) is 10.0 Å². The Morgan fingerprint density at radius 1 is 1.36 bits per heavy atom. The summed E-state index contributed by atoms with van der Waals surface area (Å²) in [7, 11) is -3.00. The second-order valence-corrected chi connectivity index (χ2v) is 5.95. The highest BCUT2D eigenvalue weighted by atomic mass is 32.2. The summed E-state index contributed by atoms with van der Waals surface area (Å²) in [4.78, 5) is 0. The monoisotopic (exact) mass is 220 g/mol. The highest BCUT2D eigenvalue weighted by Gasteiger charge is 2.24. The summed E-state index contributed by atoms with van der Waals surface area (Å²) in [5.41, 5.74) is 0. The van der Waals surface area contributed by atoms with Gasteiger partial charge in [0.1, 0.15) is 0 Å². The molecule has 1 fully saturated rings. The van der Waals surface area contributed by atoms with Crippen LogP contribution in [0.2, 0.25) is 0 Å². The summed E-state index contributed by atoms with van der Waals surface area (Å²) >= 11 is 0. The van der Waals surface area contributed by atoms with Gasteiger partial charge in [0.25, 0.3) is 0 Å². The van der Waals surface area contributed by atoms with E-state index in [0.717, 1.165) is 19.5 Å². The topological polar surface area (TPSA) is 49.4 Å². The van der Waals surface area contributed by atoms with E-state index < -0.39 is 10.0 Å². The number of hydrogen-bond acceptors (Lipinski definition) is 3. The Morgan fingerprint density at radius 2 is 1.93 bits per heavy atom. The molecule has 1 heterocycles. The Morgan fingerprint density at radius 3 is 2.43 bits per heavy atom. The van der Waals surface area contributed by atoms with Gasteiger partial charge in [-0.2, -0.15) is 4.31 Å². The molecule has 0 aromatic rings. The highest BCUT2D eigenvalue weighted by molar-refractivity contribution is 7.89. The van der Waals surface area contributed by atoms with E-state index in [0.29, 0.717) is 18.8 Å². The zero-order valence-electron chi connectivity index (χ0n) is 8.99. The van der Waals surface area contributed by atoms with E-state index in [1.54, 1.807) is 4.31 Å². The minimum absolute atomic E-state index is 0.259. The average Bonchev–Trinajstić information content (AvgIpc) is 2.18. The molecular formula is C9H20N2O2S. The molecule has 14 heavy (non-hydrogen) atoms. The summed E-state index contributed by atoms with van der Waals surface area (Å²) in [5.74, 6) is 0.554. The van der Waals surface area contributed by atoms with Gasteiger partial charge < -0.3 is 5.32 Å². The second-order valence-electron chi connectivity index (χ2n) is 3.94. The third-order valence-electron chi connectivity index (χ3n) is 2.66. The quantitative estimate of drug-likeness (QED) is 0.740. The van der Waals surface area contributed by atoms with Crippen molar-refractivity contribution in [3.05, 3.63) is 0 Å². The fourth-order valence-corrected chi connectivity index (χ4v) is 3.41. The van der Waals surface area contributed by atoms with Gasteiger partial charge in [-0.15, -0.1) is 0 Å². The van der Waals surface area contributed by atoms with E-state index in [1.807, 2.05) is 13.8 Å². The lowest BCUT2D eigenvalue weighted by atomic mass is 10.2. The molecule has 1 aliphatic rings. The highest BCUT2D eigenvalue weighted by Crippen LogP contribution is 2.10. The summed E-state index contributed by atoms with van der Waals surface area (Å²) in [6.07, 6.45) is 0.922. The number of nitrogens with one attached hydrogen (secondary N) is 1. The largest absolute Gasteiger partial charge is 0.314 e. The van der Waals surface area contributed by atoms with E-state index in [9.17, 15) is 8.42 Å². The lowest BCUT2D eigenvalue weighted by molar-refractivity contribution is 0.357. The van der Waals surface area contributed by atoms with E-state index >= 15 is 0 Å². The molecule has 0 aliphatic carbocycles. The van der Waals surface area contributed by atoms with Crippen molar-refractivity contribution in [2.24, 2.45) is 5.92 Å². The van der Waals surface area contributed by atoms with Crippen molar-refractivity contribution in [1.29, 1.82) is 0 Å². The molecule has 1 aliphatic heterocycles. The first kappa shape index (κ1) is 11.9. The van der Waals surface area contributed by atoms with Gasteiger partial charge in [-0.3, -0.25) is 0 Å². The predicted molar refractivity (Wildman–Crippen MR) is 57.7 cm³/mol. The molecule has 0 amide bonds. The van der Waals surface area contributed by atoms with Gasteiger partial charge >= 0.3 is 0 Å². The Balaban J connectivity index is 2.54. The van der Waals surface area contributed by atoms with E-state index in [-0.39, 0.29) is 5.92 Å². The van der Waals surface area contributed by atoms with Gasteiger partial charge in [0.15, 0.2) is 0 Å². The average molecular weight is 220 g/mol. The number of nitrogens with zero attached hydrogens (tertiary/aromatic N) is 1. The van der Waals surface area contributed by atoms with Crippen molar-refractivity contribution >= 4 is 10.0 Å². The fraction of sp³-hybridized carbons (Fsp3) is 1.00. The van der Waals surface area contributed by atoms with Crippen molar-refractivity contribution in [3.63, 3.8) is 0 Å². The number of rotatable bonds is 4. The first-order valence-electron chi connectivity index (χ1n) is 5.25. The van der Waals surface area contributed by atoms with Crippen LogP contribution in [-0.2, 0) is 10.0 Å². The normalized spacial score (nSPS) is 22.1. The van der Waals surface area contributed by atoms with Crippen LogP contribution in [0.5, 0.6) is 0 Å². The van der Waals surface area contributed by atoms with Crippen LogP contribution in [-0.4, -0.2) is 44.7 Å². The summed E-state index contributed by atoms with van der Waals surface area (Å²) < 4.78 is 25.3. The number of sulfonamides is 1. The Labute approximate surface area is 86.7 Å².